The van der Waals surface area contributed by atoms with Crippen LogP contribution in [0.25, 0.3) is 0 Å². The van der Waals surface area contributed by atoms with Gasteiger partial charge in [0.05, 0.1) is 18.0 Å². The standard InChI is InChI=1S/C20H24N2O3S.C2H4O2/c1-21(2)12-13-22-16-6-4-5-7-17(16)26-19(18(23)20(22)24)14-8-10-15(25-3)11-9-14;1-2(3)4/h4-11,18-19,23H,12-13H2,1-3H3;1H3,(H,3,4). The van der Waals surface area contributed by atoms with Crippen LogP contribution in [0.2, 0.25) is 0 Å². The van der Waals surface area contributed by atoms with Gasteiger partial charge >= 0.3 is 0 Å². The minimum Gasteiger partial charge on any atom is -0.497 e. The maximum absolute atomic E-state index is 13.0. The van der Waals surface area contributed by atoms with Gasteiger partial charge in [0.25, 0.3) is 11.9 Å². The van der Waals surface area contributed by atoms with E-state index in [1.807, 2.05) is 67.5 Å². The number of hydrogen-bond acceptors (Lipinski definition) is 6. The highest BCUT2D eigenvalue weighted by Crippen LogP contribution is 2.45. The van der Waals surface area contributed by atoms with Gasteiger partial charge in [0.2, 0.25) is 0 Å². The Morgan fingerprint density at radius 3 is 2.33 bits per heavy atom. The Labute approximate surface area is 181 Å². The molecule has 1 aliphatic heterocycles. The van der Waals surface area contributed by atoms with Crippen LogP contribution in [0.4, 0.5) is 5.69 Å². The van der Waals surface area contributed by atoms with E-state index < -0.39 is 12.1 Å². The number of anilines is 1. The third-order valence-electron chi connectivity index (χ3n) is 4.43. The van der Waals surface area contributed by atoms with E-state index in [1.165, 1.54) is 11.8 Å². The Kier molecular flexibility index (Phi) is 8.71. The van der Waals surface area contributed by atoms with Crippen molar-refractivity contribution in [3.63, 3.8) is 0 Å². The summed E-state index contributed by atoms with van der Waals surface area (Å²) < 4.78 is 5.21. The van der Waals surface area contributed by atoms with Crippen LogP contribution in [-0.4, -0.2) is 67.4 Å². The molecule has 0 fully saturated rings. The molecule has 8 heteroatoms. The average Bonchev–Trinajstić information content (AvgIpc) is 2.81. The van der Waals surface area contributed by atoms with Gasteiger partial charge in [0, 0.05) is 24.9 Å². The van der Waals surface area contributed by atoms with Crippen molar-refractivity contribution in [1.82, 2.24) is 4.90 Å². The monoisotopic (exact) mass is 432 g/mol. The topological polar surface area (TPSA) is 90.3 Å². The molecule has 2 N–H and O–H groups in total. The van der Waals surface area contributed by atoms with Crippen LogP contribution in [-0.2, 0) is 9.59 Å². The molecule has 1 amide bonds. The number of aliphatic carboxylic acids is 1. The fourth-order valence-electron chi connectivity index (χ4n) is 2.96. The number of thioether (sulfide) groups is 1. The van der Waals surface area contributed by atoms with E-state index in [0.29, 0.717) is 6.54 Å². The van der Waals surface area contributed by atoms with Gasteiger partial charge in [-0.1, -0.05) is 24.3 Å². The molecule has 0 aliphatic carbocycles. The summed E-state index contributed by atoms with van der Waals surface area (Å²) in [6.45, 7) is 2.35. The number of carboxylic acid groups (broad SMARTS) is 1. The zero-order valence-electron chi connectivity index (χ0n) is 17.6. The molecule has 1 aliphatic rings. The third kappa shape index (κ3) is 6.22. The molecule has 30 heavy (non-hydrogen) atoms. The number of methoxy groups -OCH3 is 1. The number of carbonyl (C=O) groups excluding carboxylic acids is 1. The maximum atomic E-state index is 13.0. The molecule has 1 heterocycles. The van der Waals surface area contributed by atoms with Gasteiger partial charge in [0.1, 0.15) is 11.9 Å². The molecule has 0 spiro atoms. The first-order valence-electron chi connectivity index (χ1n) is 9.48. The van der Waals surface area contributed by atoms with Crippen LogP contribution < -0.4 is 9.64 Å². The number of likely N-dealkylation sites (N-methyl/N-ethyl adjacent to an activating group) is 1. The molecule has 3 rings (SSSR count). The number of fused-ring (bicyclic) bond motifs is 1. The molecule has 0 saturated heterocycles. The summed E-state index contributed by atoms with van der Waals surface area (Å²) in [6, 6.07) is 15.4. The summed E-state index contributed by atoms with van der Waals surface area (Å²) in [6.07, 6.45) is -1.11. The van der Waals surface area contributed by atoms with Crippen LogP contribution in [0.15, 0.2) is 53.4 Å². The van der Waals surface area contributed by atoms with Crippen molar-refractivity contribution in [2.75, 3.05) is 39.2 Å². The van der Waals surface area contributed by atoms with Gasteiger partial charge in [-0.2, -0.15) is 0 Å². The first kappa shape index (κ1) is 23.7. The first-order valence-corrected chi connectivity index (χ1v) is 10.4. The van der Waals surface area contributed by atoms with E-state index >= 15 is 0 Å². The summed E-state index contributed by atoms with van der Waals surface area (Å²) >= 11 is 1.53. The second kappa shape index (κ2) is 11.0. The van der Waals surface area contributed by atoms with Crippen molar-refractivity contribution < 1.29 is 24.5 Å². The van der Waals surface area contributed by atoms with E-state index in [1.54, 1.807) is 12.0 Å². The molecule has 0 saturated carbocycles. The Morgan fingerprint density at radius 2 is 1.77 bits per heavy atom. The summed E-state index contributed by atoms with van der Waals surface area (Å²) in [4.78, 5) is 26.8. The van der Waals surface area contributed by atoms with Gasteiger partial charge in [0.15, 0.2) is 0 Å². The fourth-order valence-corrected chi connectivity index (χ4v) is 4.23. The molecule has 0 bridgehead atoms. The number of para-hydroxylation sites is 1. The van der Waals surface area contributed by atoms with Crippen molar-refractivity contribution in [1.29, 1.82) is 0 Å². The number of aliphatic hydroxyl groups is 1. The lowest BCUT2D eigenvalue weighted by Gasteiger charge is -2.26. The van der Waals surface area contributed by atoms with Gasteiger partial charge in [-0.25, -0.2) is 0 Å². The Morgan fingerprint density at radius 1 is 1.17 bits per heavy atom. The van der Waals surface area contributed by atoms with Crippen LogP contribution >= 0.6 is 11.8 Å². The summed E-state index contributed by atoms with van der Waals surface area (Å²) in [5.74, 6) is -0.341. The molecule has 7 nitrogen and oxygen atoms in total. The van der Waals surface area contributed by atoms with Crippen molar-refractivity contribution in [2.45, 2.75) is 23.2 Å². The number of rotatable bonds is 5. The normalized spacial score (nSPS) is 18.2. The second-order valence-corrected chi connectivity index (χ2v) is 8.22. The third-order valence-corrected chi connectivity index (χ3v) is 5.81. The number of carbonyl (C=O) groups is 2. The first-order chi connectivity index (χ1) is 14.2. The van der Waals surface area contributed by atoms with Crippen LogP contribution in [0.1, 0.15) is 17.7 Å². The summed E-state index contributed by atoms with van der Waals surface area (Å²) in [7, 11) is 5.56. The number of benzene rings is 2. The van der Waals surface area contributed by atoms with Crippen molar-refractivity contribution in [3.8, 4) is 5.75 Å². The number of amides is 1. The molecule has 2 unspecified atom stereocenters. The van der Waals surface area contributed by atoms with Crippen LogP contribution in [0, 0.1) is 0 Å². The minimum atomic E-state index is -1.11. The van der Waals surface area contributed by atoms with E-state index in [9.17, 15) is 9.90 Å². The van der Waals surface area contributed by atoms with Crippen LogP contribution in [0.5, 0.6) is 5.75 Å². The number of aliphatic hydroxyl groups excluding tert-OH is 1. The molecule has 2 aromatic carbocycles. The molecule has 162 valence electrons. The maximum Gasteiger partial charge on any atom is 0.300 e. The lowest BCUT2D eigenvalue weighted by Crippen LogP contribution is -2.43. The van der Waals surface area contributed by atoms with Crippen LogP contribution in [0.3, 0.4) is 0 Å². The summed E-state index contributed by atoms with van der Waals surface area (Å²) in [5.41, 5.74) is 1.76. The van der Waals surface area contributed by atoms with E-state index in [2.05, 4.69) is 0 Å². The van der Waals surface area contributed by atoms with Crippen molar-refractivity contribution in [3.05, 3.63) is 54.1 Å². The molecule has 2 aromatic rings. The van der Waals surface area contributed by atoms with Gasteiger partial charge in [-0.15, -0.1) is 11.8 Å². The van der Waals surface area contributed by atoms with Crippen molar-refractivity contribution >= 4 is 29.3 Å². The molecule has 0 radical (unpaired) electrons. The van der Waals surface area contributed by atoms with Crippen molar-refractivity contribution in [2.24, 2.45) is 0 Å². The molecular weight excluding hydrogens is 404 g/mol. The molecule has 2 atom stereocenters. The Bertz CT molecular complexity index is 853. The lowest BCUT2D eigenvalue weighted by atomic mass is 10.1. The van der Waals surface area contributed by atoms with E-state index in [0.717, 1.165) is 35.4 Å². The minimum absolute atomic E-state index is 0.259. The highest BCUT2D eigenvalue weighted by Gasteiger charge is 2.37. The second-order valence-electron chi connectivity index (χ2n) is 7.04. The molecule has 0 aromatic heterocycles. The number of nitrogens with zero attached hydrogens (tertiary/aromatic N) is 2. The van der Waals surface area contributed by atoms with Gasteiger partial charge < -0.3 is 24.7 Å². The van der Waals surface area contributed by atoms with E-state index in [-0.39, 0.29) is 11.2 Å². The predicted molar refractivity (Wildman–Crippen MR) is 118 cm³/mol. The zero-order valence-corrected chi connectivity index (χ0v) is 18.4. The summed E-state index contributed by atoms with van der Waals surface area (Å²) in [5, 5.41) is 17.9. The fraction of sp³-hybridized carbons (Fsp3) is 0.364. The highest BCUT2D eigenvalue weighted by atomic mass is 32.2. The largest absolute Gasteiger partial charge is 0.497 e. The quantitative estimate of drug-likeness (QED) is 0.751. The Hall–Kier alpha value is -2.55. The highest BCUT2D eigenvalue weighted by molar-refractivity contribution is 7.99. The number of carboxylic acids is 1. The SMILES string of the molecule is CC(=O)O.COc1ccc(C2Sc3ccccc3N(CCN(C)C)C(=O)C2O)cc1. The average molecular weight is 433 g/mol. The zero-order chi connectivity index (χ0) is 22.3. The number of hydrogen-bond donors (Lipinski definition) is 2. The Balaban J connectivity index is 0.000000735. The van der Waals surface area contributed by atoms with Gasteiger partial charge in [-0.3, -0.25) is 9.59 Å². The smallest absolute Gasteiger partial charge is 0.300 e. The molecular formula is C22H28N2O5S. The predicted octanol–water partition coefficient (Wildman–Crippen LogP) is 2.89. The van der Waals surface area contributed by atoms with Gasteiger partial charge in [-0.05, 0) is 43.9 Å². The number of ether oxygens (including phenoxy) is 1. The van der Waals surface area contributed by atoms with E-state index in [4.69, 9.17) is 14.6 Å². The lowest BCUT2D eigenvalue weighted by molar-refractivity contribution is -0.134.